The lowest BCUT2D eigenvalue weighted by molar-refractivity contribution is -0.123. The van der Waals surface area contributed by atoms with E-state index in [4.69, 9.17) is 0 Å². The van der Waals surface area contributed by atoms with Crippen LogP contribution in [0.1, 0.15) is 51.9 Å². The SMILES string of the molecule is C=C(C)C(=O)CC12CC3CC(CC(C3)C1)C2. The van der Waals surface area contributed by atoms with Gasteiger partial charge in [0.1, 0.15) is 0 Å². The first-order chi connectivity index (χ1) is 7.56. The van der Waals surface area contributed by atoms with E-state index in [-0.39, 0.29) is 0 Å². The highest BCUT2D eigenvalue weighted by Gasteiger charge is 2.51. The molecule has 0 atom stereocenters. The Morgan fingerprint density at radius 3 is 1.94 bits per heavy atom. The van der Waals surface area contributed by atoms with Crippen molar-refractivity contribution in [1.29, 1.82) is 0 Å². The second-order valence-corrected chi connectivity index (χ2v) is 6.80. The highest BCUT2D eigenvalue weighted by atomic mass is 16.1. The average molecular weight is 218 g/mol. The van der Waals surface area contributed by atoms with E-state index in [1.54, 1.807) is 0 Å². The molecule has 0 aromatic heterocycles. The molecule has 0 radical (unpaired) electrons. The normalized spacial score (nSPS) is 44.7. The molecule has 4 aliphatic rings. The number of rotatable bonds is 3. The van der Waals surface area contributed by atoms with Crippen molar-refractivity contribution in [3.05, 3.63) is 12.2 Å². The Hall–Kier alpha value is -0.590. The molecule has 1 heteroatoms. The molecule has 16 heavy (non-hydrogen) atoms. The zero-order valence-electron chi connectivity index (χ0n) is 10.3. The summed E-state index contributed by atoms with van der Waals surface area (Å²) in [6.45, 7) is 5.67. The maximum absolute atomic E-state index is 11.9. The molecule has 4 bridgehead atoms. The lowest BCUT2D eigenvalue weighted by Gasteiger charge is -2.56. The van der Waals surface area contributed by atoms with E-state index < -0.39 is 0 Å². The number of hydrogen-bond donors (Lipinski definition) is 0. The number of ketones is 1. The first-order valence-corrected chi connectivity index (χ1v) is 6.75. The molecule has 4 fully saturated rings. The van der Waals surface area contributed by atoms with Gasteiger partial charge in [-0.15, -0.1) is 0 Å². The number of allylic oxidation sites excluding steroid dienone is 1. The van der Waals surface area contributed by atoms with Crippen LogP contribution in [0.2, 0.25) is 0 Å². The summed E-state index contributed by atoms with van der Waals surface area (Å²) in [5, 5.41) is 0. The number of Topliss-reactive ketones (excluding diaryl/α,β-unsaturated/α-hetero) is 1. The van der Waals surface area contributed by atoms with E-state index in [1.807, 2.05) is 6.92 Å². The second-order valence-electron chi connectivity index (χ2n) is 6.80. The van der Waals surface area contributed by atoms with E-state index in [2.05, 4.69) is 6.58 Å². The molecule has 0 aromatic rings. The van der Waals surface area contributed by atoms with Crippen molar-refractivity contribution in [2.24, 2.45) is 23.2 Å². The number of carbonyl (C=O) groups excluding carboxylic acids is 1. The second kappa shape index (κ2) is 3.45. The molecule has 4 saturated carbocycles. The van der Waals surface area contributed by atoms with Crippen LogP contribution in [0.3, 0.4) is 0 Å². The average Bonchev–Trinajstić information content (AvgIpc) is 2.13. The third kappa shape index (κ3) is 1.65. The first kappa shape index (κ1) is 10.6. The van der Waals surface area contributed by atoms with E-state index in [0.717, 1.165) is 29.7 Å². The van der Waals surface area contributed by atoms with Crippen LogP contribution in [0.15, 0.2) is 12.2 Å². The Kier molecular flexibility index (Phi) is 2.28. The van der Waals surface area contributed by atoms with Gasteiger partial charge in [0.15, 0.2) is 5.78 Å². The van der Waals surface area contributed by atoms with Crippen LogP contribution in [-0.2, 0) is 4.79 Å². The summed E-state index contributed by atoms with van der Waals surface area (Å²) in [7, 11) is 0. The van der Waals surface area contributed by atoms with Gasteiger partial charge in [-0.3, -0.25) is 4.79 Å². The summed E-state index contributed by atoms with van der Waals surface area (Å²) in [6.07, 6.45) is 9.17. The van der Waals surface area contributed by atoms with Crippen molar-refractivity contribution >= 4 is 5.78 Å². The Labute approximate surface area is 98.3 Å². The maximum atomic E-state index is 11.9. The van der Waals surface area contributed by atoms with Crippen LogP contribution in [0, 0.1) is 23.2 Å². The fraction of sp³-hybridized carbons (Fsp3) is 0.800. The van der Waals surface area contributed by atoms with Gasteiger partial charge in [-0.25, -0.2) is 0 Å². The number of hydrogen-bond acceptors (Lipinski definition) is 1. The van der Waals surface area contributed by atoms with Crippen molar-refractivity contribution in [1.82, 2.24) is 0 Å². The monoisotopic (exact) mass is 218 g/mol. The summed E-state index contributed by atoms with van der Waals surface area (Å²) in [5.74, 6) is 3.17. The van der Waals surface area contributed by atoms with Crippen LogP contribution in [-0.4, -0.2) is 5.78 Å². The number of carbonyl (C=O) groups is 1. The minimum atomic E-state index is 0.321. The topological polar surface area (TPSA) is 17.1 Å². The highest BCUT2D eigenvalue weighted by Crippen LogP contribution is 2.61. The summed E-state index contributed by atoms with van der Waals surface area (Å²) in [4.78, 5) is 11.9. The zero-order chi connectivity index (χ0) is 11.3. The van der Waals surface area contributed by atoms with Crippen LogP contribution in [0.4, 0.5) is 0 Å². The lowest BCUT2D eigenvalue weighted by atomic mass is 9.48. The predicted molar refractivity (Wildman–Crippen MR) is 65.0 cm³/mol. The van der Waals surface area contributed by atoms with Gasteiger partial charge in [-0.1, -0.05) is 6.58 Å². The largest absolute Gasteiger partial charge is 0.295 e. The van der Waals surface area contributed by atoms with E-state index in [9.17, 15) is 4.79 Å². The van der Waals surface area contributed by atoms with Gasteiger partial charge in [0.2, 0.25) is 0 Å². The van der Waals surface area contributed by atoms with Crippen LogP contribution in [0.5, 0.6) is 0 Å². The van der Waals surface area contributed by atoms with Crippen LogP contribution < -0.4 is 0 Å². The molecule has 4 rings (SSSR count). The Morgan fingerprint density at radius 1 is 1.12 bits per heavy atom. The van der Waals surface area contributed by atoms with Crippen LogP contribution >= 0.6 is 0 Å². The van der Waals surface area contributed by atoms with Gasteiger partial charge in [0.25, 0.3) is 0 Å². The maximum Gasteiger partial charge on any atom is 0.158 e. The van der Waals surface area contributed by atoms with Gasteiger partial charge in [-0.2, -0.15) is 0 Å². The highest BCUT2D eigenvalue weighted by molar-refractivity contribution is 5.94. The molecule has 0 N–H and O–H groups in total. The minimum Gasteiger partial charge on any atom is -0.295 e. The molecule has 88 valence electrons. The smallest absolute Gasteiger partial charge is 0.158 e. The fourth-order valence-electron chi connectivity index (χ4n) is 5.00. The summed E-state index contributed by atoms with van der Waals surface area (Å²) in [5.41, 5.74) is 1.15. The molecule has 0 aromatic carbocycles. The molecule has 0 unspecified atom stereocenters. The van der Waals surface area contributed by atoms with Crippen molar-refractivity contribution in [2.75, 3.05) is 0 Å². The summed E-state index contributed by atoms with van der Waals surface area (Å²) >= 11 is 0. The van der Waals surface area contributed by atoms with Crippen molar-refractivity contribution in [3.8, 4) is 0 Å². The minimum absolute atomic E-state index is 0.321. The fourth-order valence-corrected chi connectivity index (χ4v) is 5.00. The van der Waals surface area contributed by atoms with E-state index in [1.165, 1.54) is 38.5 Å². The quantitative estimate of drug-likeness (QED) is 0.659. The Balaban J connectivity index is 1.78. The molecular weight excluding hydrogens is 196 g/mol. The Bertz CT molecular complexity index is 304. The summed E-state index contributed by atoms with van der Waals surface area (Å²) in [6, 6.07) is 0. The van der Waals surface area contributed by atoms with Crippen molar-refractivity contribution in [2.45, 2.75) is 51.9 Å². The third-order valence-corrected chi connectivity index (χ3v) is 5.18. The third-order valence-electron chi connectivity index (χ3n) is 5.18. The summed E-state index contributed by atoms with van der Waals surface area (Å²) < 4.78 is 0. The van der Waals surface area contributed by atoms with Crippen molar-refractivity contribution in [3.63, 3.8) is 0 Å². The van der Waals surface area contributed by atoms with Crippen molar-refractivity contribution < 1.29 is 4.79 Å². The molecular formula is C15H22O. The van der Waals surface area contributed by atoms with Gasteiger partial charge < -0.3 is 0 Å². The molecule has 0 aliphatic heterocycles. The van der Waals surface area contributed by atoms with Gasteiger partial charge in [0, 0.05) is 6.42 Å². The van der Waals surface area contributed by atoms with Gasteiger partial charge in [0.05, 0.1) is 0 Å². The predicted octanol–water partition coefficient (Wildman–Crippen LogP) is 3.74. The standard InChI is InChI=1S/C15H22O/c1-10(2)14(16)9-15-6-11-3-12(7-15)5-13(4-11)8-15/h11-13H,1,3-9H2,2H3. The van der Waals surface area contributed by atoms with E-state index >= 15 is 0 Å². The molecule has 0 amide bonds. The molecule has 1 nitrogen and oxygen atoms in total. The molecule has 0 saturated heterocycles. The van der Waals surface area contributed by atoms with Crippen LogP contribution in [0.25, 0.3) is 0 Å². The van der Waals surface area contributed by atoms with Gasteiger partial charge >= 0.3 is 0 Å². The zero-order valence-corrected chi connectivity index (χ0v) is 10.3. The first-order valence-electron chi connectivity index (χ1n) is 6.75. The lowest BCUT2D eigenvalue weighted by Crippen LogP contribution is -2.46. The van der Waals surface area contributed by atoms with E-state index in [0.29, 0.717) is 11.2 Å². The molecule has 4 aliphatic carbocycles. The molecule has 0 heterocycles. The molecule has 0 spiro atoms. The van der Waals surface area contributed by atoms with Gasteiger partial charge in [-0.05, 0) is 74.2 Å². The Morgan fingerprint density at radius 2 is 1.56 bits per heavy atom.